The molecule has 4 rings (SSSR count). The number of hydrogen-bond acceptors (Lipinski definition) is 7. The molecule has 0 unspecified atom stereocenters. The van der Waals surface area contributed by atoms with Gasteiger partial charge in [-0.25, -0.2) is 8.42 Å². The quantitative estimate of drug-likeness (QED) is 0.249. The molecule has 1 aliphatic carbocycles. The fraction of sp³-hybridized carbons (Fsp3) is 0.429. The van der Waals surface area contributed by atoms with Crippen LogP contribution in [0.4, 0.5) is 5.69 Å². The Morgan fingerprint density at radius 2 is 1.50 bits per heavy atom. The molecule has 1 atom stereocenters. The van der Waals surface area contributed by atoms with Gasteiger partial charge in [0.25, 0.3) is 10.0 Å². The molecule has 0 aromatic heterocycles. The van der Waals surface area contributed by atoms with Gasteiger partial charge in [0.2, 0.25) is 11.8 Å². The van der Waals surface area contributed by atoms with E-state index in [1.54, 1.807) is 31.4 Å². The maximum absolute atomic E-state index is 14.4. The zero-order valence-electron chi connectivity index (χ0n) is 27.5. The average molecular weight is 652 g/mol. The van der Waals surface area contributed by atoms with Gasteiger partial charge in [0, 0.05) is 18.7 Å². The summed E-state index contributed by atoms with van der Waals surface area (Å²) < 4.78 is 45.9. The molecule has 1 aliphatic rings. The lowest BCUT2D eigenvalue weighted by Gasteiger charge is -2.34. The standard InChI is InChI=1S/C35H45N3O7S/c1-7-31(35(40)36-27-10-8-9-11-27)37(22-26-12-14-29(43-4)15-13-26)34(39)23-38(28-19-24(2)18-25(3)20-28)46(41,42)30-16-17-32(44-5)33(21-30)45-6/h12-21,27,31H,7-11,22-23H2,1-6H3,(H,36,40)/t31-/m0/s1. The van der Waals surface area contributed by atoms with E-state index in [4.69, 9.17) is 14.2 Å². The van der Waals surface area contributed by atoms with Crippen molar-refractivity contribution in [2.24, 2.45) is 0 Å². The van der Waals surface area contributed by atoms with Crippen LogP contribution < -0.4 is 23.8 Å². The van der Waals surface area contributed by atoms with E-state index in [9.17, 15) is 18.0 Å². The van der Waals surface area contributed by atoms with Crippen LogP contribution in [-0.2, 0) is 26.2 Å². The molecular weight excluding hydrogens is 606 g/mol. The minimum atomic E-state index is -4.29. The molecule has 0 heterocycles. The molecule has 1 saturated carbocycles. The van der Waals surface area contributed by atoms with Gasteiger partial charge in [0.15, 0.2) is 11.5 Å². The van der Waals surface area contributed by atoms with Crippen LogP contribution in [0.2, 0.25) is 0 Å². The van der Waals surface area contributed by atoms with Crippen molar-refractivity contribution in [3.63, 3.8) is 0 Å². The Morgan fingerprint density at radius 3 is 2.07 bits per heavy atom. The first kappa shape index (κ1) is 34.6. The van der Waals surface area contributed by atoms with Gasteiger partial charge < -0.3 is 24.4 Å². The van der Waals surface area contributed by atoms with E-state index in [0.29, 0.717) is 23.6 Å². The second kappa shape index (κ2) is 15.4. The highest BCUT2D eigenvalue weighted by molar-refractivity contribution is 7.92. The van der Waals surface area contributed by atoms with Crippen LogP contribution in [0.5, 0.6) is 17.2 Å². The number of nitrogens with one attached hydrogen (secondary N) is 1. The third kappa shape index (κ3) is 8.12. The summed E-state index contributed by atoms with van der Waals surface area (Å²) in [6, 6.07) is 16.2. The predicted molar refractivity (Wildman–Crippen MR) is 178 cm³/mol. The first-order chi connectivity index (χ1) is 22.0. The molecule has 1 fully saturated rings. The van der Waals surface area contributed by atoms with Crippen molar-refractivity contribution >= 4 is 27.5 Å². The van der Waals surface area contributed by atoms with Crippen LogP contribution in [-0.4, -0.2) is 65.1 Å². The first-order valence-electron chi connectivity index (χ1n) is 15.6. The molecule has 11 heteroatoms. The van der Waals surface area contributed by atoms with Crippen LogP contribution in [0.15, 0.2) is 65.6 Å². The monoisotopic (exact) mass is 651 g/mol. The Balaban J connectivity index is 1.77. The third-order valence-electron chi connectivity index (χ3n) is 8.32. The van der Waals surface area contributed by atoms with Gasteiger partial charge in [0.05, 0.1) is 31.9 Å². The van der Waals surface area contributed by atoms with Gasteiger partial charge in [-0.3, -0.25) is 13.9 Å². The zero-order chi connectivity index (χ0) is 33.4. The summed E-state index contributed by atoms with van der Waals surface area (Å²) in [5, 5.41) is 3.14. The second-order valence-corrected chi connectivity index (χ2v) is 13.5. The van der Waals surface area contributed by atoms with E-state index in [-0.39, 0.29) is 29.1 Å². The molecular formula is C35H45N3O7S. The molecule has 1 N–H and O–H groups in total. The molecule has 0 radical (unpaired) electrons. The van der Waals surface area contributed by atoms with Crippen LogP contribution in [0, 0.1) is 13.8 Å². The van der Waals surface area contributed by atoms with Gasteiger partial charge >= 0.3 is 0 Å². The topological polar surface area (TPSA) is 114 Å². The van der Waals surface area contributed by atoms with Crippen molar-refractivity contribution in [1.29, 1.82) is 0 Å². The number of ether oxygens (including phenoxy) is 3. The Bertz CT molecular complexity index is 1600. The van der Waals surface area contributed by atoms with E-state index >= 15 is 0 Å². The van der Waals surface area contributed by atoms with Gasteiger partial charge in [-0.05, 0) is 86.2 Å². The summed E-state index contributed by atoms with van der Waals surface area (Å²) in [4.78, 5) is 29.5. The Kier molecular flexibility index (Phi) is 11.6. The molecule has 46 heavy (non-hydrogen) atoms. The molecule has 0 aliphatic heterocycles. The van der Waals surface area contributed by atoms with Gasteiger partial charge in [-0.15, -0.1) is 0 Å². The van der Waals surface area contributed by atoms with Crippen molar-refractivity contribution in [1.82, 2.24) is 10.2 Å². The summed E-state index contributed by atoms with van der Waals surface area (Å²) in [6.45, 7) is 5.18. The zero-order valence-corrected chi connectivity index (χ0v) is 28.4. The lowest BCUT2D eigenvalue weighted by Crippen LogP contribution is -2.53. The fourth-order valence-electron chi connectivity index (χ4n) is 5.94. The number of methoxy groups -OCH3 is 3. The molecule has 10 nitrogen and oxygen atoms in total. The summed E-state index contributed by atoms with van der Waals surface area (Å²) in [5.74, 6) is 0.533. The van der Waals surface area contributed by atoms with Crippen LogP contribution in [0.1, 0.15) is 55.7 Å². The number of amides is 2. The van der Waals surface area contributed by atoms with Crippen molar-refractivity contribution in [2.45, 2.75) is 76.4 Å². The maximum atomic E-state index is 14.4. The van der Waals surface area contributed by atoms with E-state index in [0.717, 1.165) is 46.7 Å². The molecule has 3 aromatic carbocycles. The summed E-state index contributed by atoms with van der Waals surface area (Å²) in [6.07, 6.45) is 4.26. The number of nitrogens with zero attached hydrogens (tertiary/aromatic N) is 2. The predicted octanol–water partition coefficient (Wildman–Crippen LogP) is 5.39. The fourth-order valence-corrected chi connectivity index (χ4v) is 7.36. The van der Waals surface area contributed by atoms with Gasteiger partial charge in [0.1, 0.15) is 18.3 Å². The van der Waals surface area contributed by atoms with E-state index < -0.39 is 28.5 Å². The average Bonchev–Trinajstić information content (AvgIpc) is 3.55. The van der Waals surface area contributed by atoms with E-state index in [1.165, 1.54) is 37.3 Å². The normalized spacial score (nSPS) is 14.0. The molecule has 0 saturated heterocycles. The van der Waals surface area contributed by atoms with Crippen LogP contribution in [0.25, 0.3) is 0 Å². The lowest BCUT2D eigenvalue weighted by molar-refractivity contribution is -0.140. The molecule has 0 spiro atoms. The number of sulfonamides is 1. The van der Waals surface area contributed by atoms with Crippen LogP contribution >= 0.6 is 0 Å². The Morgan fingerprint density at radius 1 is 0.870 bits per heavy atom. The third-order valence-corrected chi connectivity index (χ3v) is 10.1. The van der Waals surface area contributed by atoms with Crippen molar-refractivity contribution < 1.29 is 32.2 Å². The lowest BCUT2D eigenvalue weighted by atomic mass is 10.1. The van der Waals surface area contributed by atoms with Crippen molar-refractivity contribution in [3.05, 3.63) is 77.4 Å². The second-order valence-electron chi connectivity index (χ2n) is 11.7. The number of carbonyl (C=O) groups is 2. The van der Waals surface area contributed by atoms with Gasteiger partial charge in [-0.2, -0.15) is 0 Å². The number of benzene rings is 3. The summed E-state index contributed by atoms with van der Waals surface area (Å²) >= 11 is 0. The molecule has 248 valence electrons. The maximum Gasteiger partial charge on any atom is 0.264 e. The molecule has 0 bridgehead atoms. The Labute approximate surface area is 272 Å². The van der Waals surface area contributed by atoms with Gasteiger partial charge in [-0.1, -0.05) is 38.0 Å². The molecule has 3 aromatic rings. The number of rotatable bonds is 14. The van der Waals surface area contributed by atoms with E-state index in [2.05, 4.69) is 5.32 Å². The highest BCUT2D eigenvalue weighted by Crippen LogP contribution is 2.33. The highest BCUT2D eigenvalue weighted by Gasteiger charge is 2.35. The summed E-state index contributed by atoms with van der Waals surface area (Å²) in [5.41, 5.74) is 2.80. The minimum absolute atomic E-state index is 0.0650. The Hall–Kier alpha value is -4.25. The van der Waals surface area contributed by atoms with Crippen LogP contribution in [0.3, 0.4) is 0 Å². The highest BCUT2D eigenvalue weighted by atomic mass is 32.2. The number of carbonyl (C=O) groups excluding carboxylic acids is 2. The van der Waals surface area contributed by atoms with Crippen molar-refractivity contribution in [2.75, 3.05) is 32.2 Å². The smallest absolute Gasteiger partial charge is 0.264 e. The SMILES string of the molecule is CC[C@@H](C(=O)NC1CCCC1)N(Cc1ccc(OC)cc1)C(=O)CN(c1cc(C)cc(C)c1)S(=O)(=O)c1ccc(OC)c(OC)c1. The number of aryl methyl sites for hydroxylation is 2. The number of hydrogen-bond donors (Lipinski definition) is 1. The molecule has 2 amide bonds. The first-order valence-corrected chi connectivity index (χ1v) is 17.0. The number of anilines is 1. The van der Waals surface area contributed by atoms with Crippen molar-refractivity contribution in [3.8, 4) is 17.2 Å². The summed E-state index contributed by atoms with van der Waals surface area (Å²) in [7, 11) is 0.179. The largest absolute Gasteiger partial charge is 0.497 e. The van der Waals surface area contributed by atoms with E-state index in [1.807, 2.05) is 39.0 Å². The minimum Gasteiger partial charge on any atom is -0.497 e.